The van der Waals surface area contributed by atoms with Gasteiger partial charge < -0.3 is 4.98 Å². The molecule has 1 amide bonds. The third-order valence-corrected chi connectivity index (χ3v) is 3.64. The van der Waals surface area contributed by atoms with Crippen LogP contribution in [-0.4, -0.2) is 10.9 Å². The summed E-state index contributed by atoms with van der Waals surface area (Å²) in [6.45, 7) is 0. The molecule has 1 aromatic heterocycles. The number of aromatic nitrogens is 1. The van der Waals surface area contributed by atoms with Gasteiger partial charge in [-0.05, 0) is 36.6 Å². The molecule has 0 unspecified atom stereocenters. The zero-order chi connectivity index (χ0) is 15.2. The number of hydrazine groups is 1. The van der Waals surface area contributed by atoms with E-state index in [0.717, 1.165) is 24.0 Å². The van der Waals surface area contributed by atoms with Crippen LogP contribution in [0.4, 0.5) is 5.69 Å². The summed E-state index contributed by atoms with van der Waals surface area (Å²) in [5.74, 6) is 0.00342. The molecule has 4 heteroatoms. The van der Waals surface area contributed by atoms with E-state index < -0.39 is 0 Å². The highest BCUT2D eigenvalue weighted by atomic mass is 16.2. The summed E-state index contributed by atoms with van der Waals surface area (Å²) in [4.78, 5) is 15.1. The Morgan fingerprint density at radius 3 is 2.64 bits per heavy atom. The van der Waals surface area contributed by atoms with Gasteiger partial charge in [0.15, 0.2) is 0 Å². The highest BCUT2D eigenvalue weighted by molar-refractivity contribution is 5.83. The van der Waals surface area contributed by atoms with E-state index in [4.69, 9.17) is 0 Å². The number of carbonyl (C=O) groups excluding carboxylic acids is 1. The normalized spacial score (nSPS) is 10.5. The van der Waals surface area contributed by atoms with Crippen LogP contribution in [0.15, 0.2) is 60.8 Å². The summed E-state index contributed by atoms with van der Waals surface area (Å²) >= 11 is 0. The molecule has 3 aromatic rings. The van der Waals surface area contributed by atoms with Crippen molar-refractivity contribution in [3.63, 3.8) is 0 Å². The van der Waals surface area contributed by atoms with Crippen LogP contribution in [0.5, 0.6) is 0 Å². The van der Waals surface area contributed by atoms with E-state index in [-0.39, 0.29) is 5.91 Å². The second-order valence-electron chi connectivity index (χ2n) is 5.25. The molecular weight excluding hydrogens is 274 g/mol. The van der Waals surface area contributed by atoms with E-state index in [1.165, 1.54) is 10.9 Å². The molecule has 0 atom stereocenters. The summed E-state index contributed by atoms with van der Waals surface area (Å²) in [6.07, 6.45) is 4.25. The van der Waals surface area contributed by atoms with Crippen molar-refractivity contribution in [2.24, 2.45) is 0 Å². The predicted molar refractivity (Wildman–Crippen MR) is 89.4 cm³/mol. The first-order chi connectivity index (χ1) is 10.8. The van der Waals surface area contributed by atoms with Gasteiger partial charge in [0, 0.05) is 23.5 Å². The van der Waals surface area contributed by atoms with Gasteiger partial charge in [-0.1, -0.05) is 36.4 Å². The fourth-order valence-electron chi connectivity index (χ4n) is 2.50. The molecule has 1 heterocycles. The molecule has 0 saturated carbocycles. The number of carbonyl (C=O) groups is 1. The Morgan fingerprint density at radius 1 is 1.00 bits per heavy atom. The number of hydrogen-bond donors (Lipinski definition) is 3. The third kappa shape index (κ3) is 3.47. The molecule has 112 valence electrons. The first-order valence-electron chi connectivity index (χ1n) is 7.48. The Morgan fingerprint density at radius 2 is 1.77 bits per heavy atom. The number of hydrogen-bond acceptors (Lipinski definition) is 2. The highest BCUT2D eigenvalue weighted by Crippen LogP contribution is 2.19. The van der Waals surface area contributed by atoms with Crippen molar-refractivity contribution >= 4 is 22.5 Å². The molecule has 0 aliphatic heterocycles. The minimum atomic E-state index is 0.00342. The molecule has 2 aromatic carbocycles. The van der Waals surface area contributed by atoms with Crippen molar-refractivity contribution in [3.05, 3.63) is 66.4 Å². The van der Waals surface area contributed by atoms with E-state index in [2.05, 4.69) is 28.0 Å². The number of aryl methyl sites for hydroxylation is 1. The van der Waals surface area contributed by atoms with E-state index in [0.29, 0.717) is 6.42 Å². The SMILES string of the molecule is O=C(CCCc1c[nH]c2ccccc12)NNc1ccccc1. The minimum absolute atomic E-state index is 0.00342. The smallest absolute Gasteiger partial charge is 0.238 e. The molecule has 0 aliphatic carbocycles. The summed E-state index contributed by atoms with van der Waals surface area (Å²) < 4.78 is 0. The molecule has 4 nitrogen and oxygen atoms in total. The number of fused-ring (bicyclic) bond motifs is 1. The van der Waals surface area contributed by atoms with Crippen molar-refractivity contribution in [2.75, 3.05) is 5.43 Å². The van der Waals surface area contributed by atoms with Crippen LogP contribution >= 0.6 is 0 Å². The van der Waals surface area contributed by atoms with Gasteiger partial charge in [-0.25, -0.2) is 0 Å². The van der Waals surface area contributed by atoms with Crippen molar-refractivity contribution in [1.29, 1.82) is 0 Å². The average Bonchev–Trinajstić information content (AvgIpc) is 2.97. The minimum Gasteiger partial charge on any atom is -0.361 e. The van der Waals surface area contributed by atoms with Crippen molar-refractivity contribution in [2.45, 2.75) is 19.3 Å². The molecule has 0 radical (unpaired) electrons. The van der Waals surface area contributed by atoms with E-state index in [1.54, 1.807) is 0 Å². The van der Waals surface area contributed by atoms with Crippen molar-refractivity contribution < 1.29 is 4.79 Å². The van der Waals surface area contributed by atoms with Crippen LogP contribution in [-0.2, 0) is 11.2 Å². The lowest BCUT2D eigenvalue weighted by molar-refractivity contribution is -0.120. The lowest BCUT2D eigenvalue weighted by Crippen LogP contribution is -2.29. The largest absolute Gasteiger partial charge is 0.361 e. The monoisotopic (exact) mass is 293 g/mol. The second-order valence-corrected chi connectivity index (χ2v) is 5.25. The number of aromatic amines is 1. The Hall–Kier alpha value is -2.75. The standard InChI is InChI=1S/C18H19N3O/c22-18(21-20-15-8-2-1-3-9-15)12-6-7-14-13-19-17-11-5-4-10-16(14)17/h1-5,8-11,13,19-20H,6-7,12H2,(H,21,22). The zero-order valence-electron chi connectivity index (χ0n) is 12.3. The van der Waals surface area contributed by atoms with Crippen molar-refractivity contribution in [3.8, 4) is 0 Å². The summed E-state index contributed by atoms with van der Waals surface area (Å²) in [5, 5.41) is 1.24. The molecule has 0 aliphatic rings. The summed E-state index contributed by atoms with van der Waals surface area (Å²) in [5.41, 5.74) is 8.92. The van der Waals surface area contributed by atoms with E-state index in [1.807, 2.05) is 48.7 Å². The van der Waals surface area contributed by atoms with E-state index in [9.17, 15) is 4.79 Å². The average molecular weight is 293 g/mol. The highest BCUT2D eigenvalue weighted by Gasteiger charge is 2.05. The lowest BCUT2D eigenvalue weighted by atomic mass is 10.1. The fourth-order valence-corrected chi connectivity index (χ4v) is 2.50. The quantitative estimate of drug-likeness (QED) is 0.608. The van der Waals surface area contributed by atoms with Crippen LogP contribution < -0.4 is 10.9 Å². The maximum atomic E-state index is 11.8. The number of rotatable bonds is 6. The van der Waals surface area contributed by atoms with Crippen LogP contribution in [0.3, 0.4) is 0 Å². The second kappa shape index (κ2) is 6.80. The number of amides is 1. The number of benzene rings is 2. The van der Waals surface area contributed by atoms with Crippen LogP contribution in [0, 0.1) is 0 Å². The van der Waals surface area contributed by atoms with Crippen LogP contribution in [0.2, 0.25) is 0 Å². The van der Waals surface area contributed by atoms with Gasteiger partial charge in [-0.15, -0.1) is 0 Å². The lowest BCUT2D eigenvalue weighted by Gasteiger charge is -2.08. The van der Waals surface area contributed by atoms with Gasteiger partial charge in [0.2, 0.25) is 5.91 Å². The predicted octanol–water partition coefficient (Wildman–Crippen LogP) is 3.63. The van der Waals surface area contributed by atoms with Gasteiger partial charge in [0.05, 0.1) is 5.69 Å². The van der Waals surface area contributed by atoms with Gasteiger partial charge >= 0.3 is 0 Å². The number of para-hydroxylation sites is 2. The Balaban J connectivity index is 1.45. The fraction of sp³-hybridized carbons (Fsp3) is 0.167. The van der Waals surface area contributed by atoms with E-state index >= 15 is 0 Å². The molecule has 3 rings (SSSR count). The molecule has 3 N–H and O–H groups in total. The maximum Gasteiger partial charge on any atom is 0.238 e. The van der Waals surface area contributed by atoms with Crippen LogP contribution in [0.25, 0.3) is 10.9 Å². The first kappa shape index (κ1) is 14.2. The maximum absolute atomic E-state index is 11.8. The summed E-state index contributed by atoms with van der Waals surface area (Å²) in [7, 11) is 0. The molecule has 0 bridgehead atoms. The number of anilines is 1. The number of nitrogens with one attached hydrogen (secondary N) is 3. The first-order valence-corrected chi connectivity index (χ1v) is 7.48. The topological polar surface area (TPSA) is 56.9 Å². The Labute approximate surface area is 129 Å². The molecular formula is C18H19N3O. The zero-order valence-corrected chi connectivity index (χ0v) is 12.3. The van der Waals surface area contributed by atoms with Gasteiger partial charge in [0.1, 0.15) is 0 Å². The van der Waals surface area contributed by atoms with Crippen molar-refractivity contribution in [1.82, 2.24) is 10.4 Å². The summed E-state index contributed by atoms with van der Waals surface area (Å²) in [6, 6.07) is 17.8. The van der Waals surface area contributed by atoms with Gasteiger partial charge in [-0.2, -0.15) is 0 Å². The third-order valence-electron chi connectivity index (χ3n) is 3.64. The van der Waals surface area contributed by atoms with Crippen LogP contribution in [0.1, 0.15) is 18.4 Å². The molecule has 22 heavy (non-hydrogen) atoms. The van der Waals surface area contributed by atoms with Gasteiger partial charge in [-0.3, -0.25) is 15.6 Å². The Kier molecular flexibility index (Phi) is 4.39. The molecule has 0 saturated heterocycles. The molecule has 0 spiro atoms. The van der Waals surface area contributed by atoms with Gasteiger partial charge in [0.25, 0.3) is 0 Å². The molecule has 0 fully saturated rings. The Bertz CT molecular complexity index is 749. The number of H-pyrrole nitrogens is 1.